The van der Waals surface area contributed by atoms with Crippen LogP contribution in [0.3, 0.4) is 0 Å². The van der Waals surface area contributed by atoms with Gasteiger partial charge in [-0.05, 0) is 0 Å². The Balaban J connectivity index is 0.00000137. The molecule has 0 amide bonds. The van der Waals surface area contributed by atoms with Crippen LogP contribution in [0, 0.1) is 22.7 Å². The van der Waals surface area contributed by atoms with Gasteiger partial charge in [0.1, 0.15) is 0 Å². The number of rotatable bonds is 6. The summed E-state index contributed by atoms with van der Waals surface area (Å²) in [6, 6.07) is 4.28. The first-order chi connectivity index (χ1) is 8.77. The van der Waals surface area contributed by atoms with Crippen LogP contribution in [0.5, 0.6) is 0 Å². The average molecular weight is 317 g/mol. The van der Waals surface area contributed by atoms with E-state index in [0.29, 0.717) is 12.8 Å². The standard InChI is InChI=1S/C10H10N2S4.C2H6/c1-8-15-9(13-6-2-4-11)10(16-8)14-7-3-5-12;1-2/h1-3,6-7H2;1-2H3. The zero-order valence-electron chi connectivity index (χ0n) is 10.6. The van der Waals surface area contributed by atoms with Crippen molar-refractivity contribution in [2.45, 2.75) is 26.7 Å². The van der Waals surface area contributed by atoms with Crippen molar-refractivity contribution in [2.24, 2.45) is 0 Å². The molecule has 6 heteroatoms. The summed E-state index contributed by atoms with van der Waals surface area (Å²) in [7, 11) is 0. The Morgan fingerprint density at radius 1 is 1.00 bits per heavy atom. The zero-order chi connectivity index (χ0) is 13.8. The molecule has 0 saturated heterocycles. The highest BCUT2D eigenvalue weighted by atomic mass is 32.3. The second kappa shape index (κ2) is 11.9. The highest BCUT2D eigenvalue weighted by Crippen LogP contribution is 2.56. The van der Waals surface area contributed by atoms with Crippen molar-refractivity contribution in [1.82, 2.24) is 0 Å². The molecule has 1 heterocycles. The molecule has 0 atom stereocenters. The molecule has 0 aromatic rings. The van der Waals surface area contributed by atoms with E-state index in [4.69, 9.17) is 10.5 Å². The minimum atomic E-state index is 0.571. The quantitative estimate of drug-likeness (QED) is 0.613. The van der Waals surface area contributed by atoms with Gasteiger partial charge in [-0.1, -0.05) is 44.0 Å². The van der Waals surface area contributed by atoms with Gasteiger partial charge in [0.2, 0.25) is 0 Å². The van der Waals surface area contributed by atoms with E-state index in [-0.39, 0.29) is 0 Å². The molecule has 0 radical (unpaired) electrons. The van der Waals surface area contributed by atoms with Gasteiger partial charge in [-0.25, -0.2) is 0 Å². The van der Waals surface area contributed by atoms with Gasteiger partial charge >= 0.3 is 0 Å². The molecule has 1 rings (SSSR count). The number of hydrogen-bond donors (Lipinski definition) is 0. The first-order valence-electron chi connectivity index (χ1n) is 5.56. The van der Waals surface area contributed by atoms with Crippen LogP contribution in [0.4, 0.5) is 0 Å². The summed E-state index contributed by atoms with van der Waals surface area (Å²) in [4.78, 5) is 0. The van der Waals surface area contributed by atoms with E-state index in [9.17, 15) is 0 Å². The van der Waals surface area contributed by atoms with Crippen LogP contribution in [0.15, 0.2) is 19.3 Å². The molecule has 1 aliphatic heterocycles. The van der Waals surface area contributed by atoms with Crippen molar-refractivity contribution in [3.05, 3.63) is 19.3 Å². The van der Waals surface area contributed by atoms with Crippen molar-refractivity contribution < 1.29 is 0 Å². The Morgan fingerprint density at radius 3 is 1.72 bits per heavy atom. The largest absolute Gasteiger partial charge is 0.198 e. The van der Waals surface area contributed by atoms with Crippen LogP contribution in [0.25, 0.3) is 0 Å². The van der Waals surface area contributed by atoms with Crippen molar-refractivity contribution in [2.75, 3.05) is 11.5 Å². The summed E-state index contributed by atoms with van der Waals surface area (Å²) in [6.45, 7) is 7.94. The lowest BCUT2D eigenvalue weighted by Crippen LogP contribution is -1.79. The fourth-order valence-electron chi connectivity index (χ4n) is 0.866. The molecule has 0 bridgehead atoms. The molecule has 0 spiro atoms. The lowest BCUT2D eigenvalue weighted by Gasteiger charge is -2.01. The molecule has 0 saturated carbocycles. The maximum absolute atomic E-state index is 8.48. The zero-order valence-corrected chi connectivity index (χ0v) is 13.8. The summed E-state index contributed by atoms with van der Waals surface area (Å²) < 4.78 is 3.57. The summed E-state index contributed by atoms with van der Waals surface area (Å²) in [5.74, 6) is 1.66. The molecule has 0 aliphatic carbocycles. The first kappa shape index (κ1) is 17.9. The molecule has 0 fully saturated rings. The number of hydrogen-bond acceptors (Lipinski definition) is 6. The maximum atomic E-state index is 8.48. The van der Waals surface area contributed by atoms with E-state index in [2.05, 4.69) is 18.7 Å². The van der Waals surface area contributed by atoms with E-state index >= 15 is 0 Å². The third kappa shape index (κ3) is 7.33. The van der Waals surface area contributed by atoms with Crippen LogP contribution in [0.2, 0.25) is 0 Å². The molecule has 1 aliphatic rings. The van der Waals surface area contributed by atoms with Gasteiger partial charge in [0.05, 0.1) is 20.6 Å². The predicted molar refractivity (Wildman–Crippen MR) is 88.1 cm³/mol. The normalized spacial score (nSPS) is 13.7. The van der Waals surface area contributed by atoms with E-state index in [1.54, 1.807) is 47.0 Å². The van der Waals surface area contributed by atoms with Crippen LogP contribution in [-0.2, 0) is 0 Å². The van der Waals surface area contributed by atoms with Crippen molar-refractivity contribution in [3.8, 4) is 12.1 Å². The van der Waals surface area contributed by atoms with E-state index in [0.717, 1.165) is 15.7 Å². The van der Waals surface area contributed by atoms with Crippen LogP contribution < -0.4 is 0 Å². The number of nitrogens with zero attached hydrogens (tertiary/aromatic N) is 2. The average Bonchev–Trinajstić information content (AvgIpc) is 2.73. The van der Waals surface area contributed by atoms with Gasteiger partial charge in [-0.15, -0.1) is 23.5 Å². The highest BCUT2D eigenvalue weighted by Gasteiger charge is 2.20. The molecule has 0 aromatic carbocycles. The lowest BCUT2D eigenvalue weighted by atomic mass is 10.6. The monoisotopic (exact) mass is 316 g/mol. The molecule has 2 nitrogen and oxygen atoms in total. The Hall–Kier alpha value is -0.140. The second-order valence-electron chi connectivity index (χ2n) is 2.66. The molecular weight excluding hydrogens is 300 g/mol. The molecule has 0 N–H and O–H groups in total. The first-order valence-corrected chi connectivity index (χ1v) is 9.16. The molecular formula is C12H16N2S4. The fourth-order valence-corrected chi connectivity index (χ4v) is 6.21. The lowest BCUT2D eigenvalue weighted by molar-refractivity contribution is 1.24. The maximum Gasteiger partial charge on any atom is 0.0660 e. The summed E-state index contributed by atoms with van der Waals surface area (Å²) in [5, 5.41) is 17.0. The van der Waals surface area contributed by atoms with Gasteiger partial charge in [-0.2, -0.15) is 10.5 Å². The van der Waals surface area contributed by atoms with Crippen LogP contribution in [0.1, 0.15) is 26.7 Å². The topological polar surface area (TPSA) is 47.6 Å². The Morgan fingerprint density at radius 2 is 1.39 bits per heavy atom. The Kier molecular flexibility index (Phi) is 11.8. The minimum absolute atomic E-state index is 0.571. The van der Waals surface area contributed by atoms with E-state index in [1.807, 2.05) is 13.8 Å². The van der Waals surface area contributed by atoms with Crippen molar-refractivity contribution >= 4 is 47.0 Å². The number of thioether (sulfide) groups is 4. The van der Waals surface area contributed by atoms with Gasteiger partial charge in [0, 0.05) is 28.6 Å². The smallest absolute Gasteiger partial charge is 0.0660 e. The Labute approximate surface area is 127 Å². The van der Waals surface area contributed by atoms with Gasteiger partial charge in [-0.3, -0.25) is 0 Å². The fraction of sp³-hybridized carbons (Fsp3) is 0.500. The second-order valence-corrected chi connectivity index (χ2v) is 7.86. The van der Waals surface area contributed by atoms with E-state index in [1.165, 1.54) is 8.47 Å². The molecule has 0 aromatic heterocycles. The van der Waals surface area contributed by atoms with Crippen molar-refractivity contribution in [3.63, 3.8) is 0 Å². The third-order valence-electron chi connectivity index (χ3n) is 1.47. The van der Waals surface area contributed by atoms with Crippen LogP contribution in [-0.4, -0.2) is 11.5 Å². The summed E-state index contributed by atoms with van der Waals surface area (Å²) in [6.07, 6.45) is 1.14. The SMILES string of the molecule is C=C1SC(SCCC#N)=C(SCCC#N)S1.CC. The highest BCUT2D eigenvalue weighted by molar-refractivity contribution is 8.40. The van der Waals surface area contributed by atoms with Gasteiger partial charge in [0.25, 0.3) is 0 Å². The summed E-state index contributed by atoms with van der Waals surface area (Å²) >= 11 is 6.79. The molecule has 18 heavy (non-hydrogen) atoms. The Bertz CT molecular complexity index is 343. The number of nitriles is 2. The van der Waals surface area contributed by atoms with E-state index < -0.39 is 0 Å². The van der Waals surface area contributed by atoms with Crippen molar-refractivity contribution in [1.29, 1.82) is 10.5 Å². The van der Waals surface area contributed by atoms with Gasteiger partial charge in [0.15, 0.2) is 0 Å². The van der Waals surface area contributed by atoms with Gasteiger partial charge < -0.3 is 0 Å². The molecule has 0 unspecified atom stereocenters. The molecule has 98 valence electrons. The van der Waals surface area contributed by atoms with Crippen LogP contribution >= 0.6 is 47.0 Å². The predicted octanol–water partition coefficient (Wildman–Crippen LogP) is 5.38. The third-order valence-corrected chi connectivity index (χ3v) is 6.68. The minimum Gasteiger partial charge on any atom is -0.198 e. The summed E-state index contributed by atoms with van der Waals surface area (Å²) in [5.41, 5.74) is 0.